The fraction of sp³-hybridized carbons (Fsp3) is 0.556. The van der Waals surface area contributed by atoms with Crippen LogP contribution < -0.4 is 5.32 Å². The molecule has 0 bridgehead atoms. The molecule has 6 heteroatoms. The molecule has 132 valence electrons. The molecule has 1 heterocycles. The van der Waals surface area contributed by atoms with Crippen LogP contribution in [0.5, 0.6) is 0 Å². The predicted molar refractivity (Wildman–Crippen MR) is 91.9 cm³/mol. The summed E-state index contributed by atoms with van der Waals surface area (Å²) in [5.74, 6) is 0.0223. The highest BCUT2D eigenvalue weighted by Gasteiger charge is 2.32. The summed E-state index contributed by atoms with van der Waals surface area (Å²) < 4.78 is 10.4. The number of methoxy groups -OCH3 is 1. The molecular weight excluding hydrogens is 308 g/mol. The summed E-state index contributed by atoms with van der Waals surface area (Å²) >= 11 is 0. The molecule has 1 N–H and O–H groups in total. The average Bonchev–Trinajstić information content (AvgIpc) is 2.57. The van der Waals surface area contributed by atoms with Gasteiger partial charge in [0.15, 0.2) is 0 Å². The van der Waals surface area contributed by atoms with E-state index in [1.165, 1.54) is 0 Å². The first-order valence-electron chi connectivity index (χ1n) is 8.26. The topological polar surface area (TPSA) is 67.9 Å². The van der Waals surface area contributed by atoms with E-state index in [1.54, 1.807) is 12.0 Å². The van der Waals surface area contributed by atoms with Gasteiger partial charge in [0.05, 0.1) is 19.8 Å². The molecule has 0 aliphatic carbocycles. The number of nitrogens with zero attached hydrogens (tertiary/aromatic N) is 1. The number of anilines is 1. The number of ketones is 1. The molecule has 1 aliphatic rings. The first kappa shape index (κ1) is 18.4. The average molecular weight is 334 g/mol. The molecule has 0 unspecified atom stereocenters. The van der Waals surface area contributed by atoms with Crippen molar-refractivity contribution in [2.45, 2.75) is 20.5 Å². The lowest BCUT2D eigenvalue weighted by Gasteiger charge is -2.33. The molecule has 0 saturated carbocycles. The maximum absolute atomic E-state index is 12.4. The van der Waals surface area contributed by atoms with E-state index in [2.05, 4.69) is 5.32 Å². The van der Waals surface area contributed by atoms with Crippen LogP contribution in [-0.2, 0) is 20.9 Å². The largest absolute Gasteiger partial charge is 0.382 e. The van der Waals surface area contributed by atoms with Crippen LogP contribution in [0.1, 0.15) is 19.4 Å². The first-order valence-corrected chi connectivity index (χ1v) is 8.26. The van der Waals surface area contributed by atoms with Gasteiger partial charge in [0.2, 0.25) is 0 Å². The Morgan fingerprint density at radius 2 is 1.79 bits per heavy atom. The fourth-order valence-electron chi connectivity index (χ4n) is 2.79. The van der Waals surface area contributed by atoms with E-state index in [0.29, 0.717) is 32.9 Å². The zero-order chi connectivity index (χ0) is 17.5. The van der Waals surface area contributed by atoms with E-state index < -0.39 is 0 Å². The van der Waals surface area contributed by atoms with Crippen molar-refractivity contribution in [1.82, 2.24) is 4.90 Å². The van der Waals surface area contributed by atoms with Crippen LogP contribution in [0, 0.1) is 11.8 Å². The van der Waals surface area contributed by atoms with Crippen molar-refractivity contribution >= 4 is 17.5 Å². The van der Waals surface area contributed by atoms with Crippen LogP contribution in [0.3, 0.4) is 0 Å². The van der Waals surface area contributed by atoms with Gasteiger partial charge in [-0.2, -0.15) is 0 Å². The van der Waals surface area contributed by atoms with Crippen molar-refractivity contribution in [2.24, 2.45) is 11.8 Å². The standard InChI is InChI=1S/C18H26N2O4/c1-13-10-20(11-14(2)17(13)21)18(22)19-16-6-4-15(5-7-16)12-24-9-8-23-3/h4-7,13-14H,8-12H2,1-3H3,(H,19,22)/t13-,14-/m1/s1. The number of urea groups is 1. The number of Topliss-reactive ketones (excluding diaryl/α,β-unsaturated/α-hetero) is 1. The van der Waals surface area contributed by atoms with E-state index in [-0.39, 0.29) is 23.7 Å². The highest BCUT2D eigenvalue weighted by Crippen LogP contribution is 2.19. The molecule has 0 spiro atoms. The van der Waals surface area contributed by atoms with Gasteiger partial charge in [0.1, 0.15) is 5.78 Å². The van der Waals surface area contributed by atoms with Gasteiger partial charge in [-0.3, -0.25) is 4.79 Å². The molecule has 2 amide bonds. The van der Waals surface area contributed by atoms with E-state index in [0.717, 1.165) is 11.3 Å². The number of carbonyl (C=O) groups is 2. The summed E-state index contributed by atoms with van der Waals surface area (Å²) in [5.41, 5.74) is 1.77. The van der Waals surface area contributed by atoms with Crippen molar-refractivity contribution in [3.8, 4) is 0 Å². The minimum atomic E-state index is -0.162. The molecule has 1 saturated heterocycles. The molecule has 1 fully saturated rings. The number of nitrogens with one attached hydrogen (secondary N) is 1. The quantitative estimate of drug-likeness (QED) is 0.812. The van der Waals surface area contributed by atoms with E-state index in [9.17, 15) is 9.59 Å². The number of hydrogen-bond donors (Lipinski definition) is 1. The SMILES string of the molecule is COCCOCc1ccc(NC(=O)N2C[C@@H](C)C(=O)[C@H](C)C2)cc1. The molecule has 6 nitrogen and oxygen atoms in total. The Labute approximate surface area is 143 Å². The van der Waals surface area contributed by atoms with Gasteiger partial charge in [0, 0.05) is 37.7 Å². The summed E-state index contributed by atoms with van der Waals surface area (Å²) in [6.45, 7) is 6.33. The third-order valence-electron chi connectivity index (χ3n) is 4.15. The molecule has 2 atom stereocenters. The van der Waals surface area contributed by atoms with Crippen molar-refractivity contribution in [3.63, 3.8) is 0 Å². The molecule has 1 aliphatic heterocycles. The maximum Gasteiger partial charge on any atom is 0.321 e. The maximum atomic E-state index is 12.4. The third kappa shape index (κ3) is 5.04. The Hall–Kier alpha value is -1.92. The van der Waals surface area contributed by atoms with Crippen LogP contribution in [-0.4, -0.2) is 50.1 Å². The number of carbonyl (C=O) groups excluding carboxylic acids is 2. The highest BCUT2D eigenvalue weighted by atomic mass is 16.5. The summed E-state index contributed by atoms with van der Waals surface area (Å²) in [5, 5.41) is 2.89. The zero-order valence-corrected chi connectivity index (χ0v) is 14.6. The Morgan fingerprint density at radius 3 is 2.38 bits per heavy atom. The zero-order valence-electron chi connectivity index (χ0n) is 14.6. The number of piperidine rings is 1. The van der Waals surface area contributed by atoms with Crippen LogP contribution >= 0.6 is 0 Å². The van der Waals surface area contributed by atoms with Crippen LogP contribution in [0.4, 0.5) is 10.5 Å². The monoisotopic (exact) mass is 334 g/mol. The number of rotatable bonds is 6. The molecule has 2 rings (SSSR count). The van der Waals surface area contributed by atoms with Gasteiger partial charge in [-0.05, 0) is 17.7 Å². The Kier molecular flexibility index (Phi) is 6.75. The van der Waals surface area contributed by atoms with E-state index in [1.807, 2.05) is 38.1 Å². The predicted octanol–water partition coefficient (Wildman–Crippen LogP) is 2.54. The summed E-state index contributed by atoms with van der Waals surface area (Å²) in [6, 6.07) is 7.40. The van der Waals surface area contributed by atoms with Gasteiger partial charge in [-0.15, -0.1) is 0 Å². The molecule has 24 heavy (non-hydrogen) atoms. The van der Waals surface area contributed by atoms with Crippen molar-refractivity contribution in [3.05, 3.63) is 29.8 Å². The number of benzene rings is 1. The van der Waals surface area contributed by atoms with Crippen molar-refractivity contribution < 1.29 is 19.1 Å². The van der Waals surface area contributed by atoms with E-state index in [4.69, 9.17) is 9.47 Å². The second-order valence-electron chi connectivity index (χ2n) is 6.28. The normalized spacial score (nSPS) is 21.0. The lowest BCUT2D eigenvalue weighted by atomic mass is 9.90. The van der Waals surface area contributed by atoms with Crippen LogP contribution in [0.15, 0.2) is 24.3 Å². The van der Waals surface area contributed by atoms with Gasteiger partial charge in [0.25, 0.3) is 0 Å². The number of hydrogen-bond acceptors (Lipinski definition) is 4. The summed E-state index contributed by atoms with van der Waals surface area (Å²) in [6.07, 6.45) is 0. The van der Waals surface area contributed by atoms with Gasteiger partial charge in [-0.1, -0.05) is 26.0 Å². The molecule has 0 radical (unpaired) electrons. The molecule has 0 aromatic heterocycles. The molecule has 1 aromatic rings. The second kappa shape index (κ2) is 8.80. The molecule has 1 aromatic carbocycles. The Balaban J connectivity index is 1.84. The number of amides is 2. The lowest BCUT2D eigenvalue weighted by molar-refractivity contribution is -0.128. The lowest BCUT2D eigenvalue weighted by Crippen LogP contribution is -2.49. The fourth-order valence-corrected chi connectivity index (χ4v) is 2.79. The number of likely N-dealkylation sites (tertiary alicyclic amines) is 1. The van der Waals surface area contributed by atoms with Gasteiger partial charge >= 0.3 is 6.03 Å². The van der Waals surface area contributed by atoms with Gasteiger partial charge < -0.3 is 19.7 Å². The first-order chi connectivity index (χ1) is 11.5. The van der Waals surface area contributed by atoms with Crippen molar-refractivity contribution in [1.29, 1.82) is 0 Å². The third-order valence-corrected chi connectivity index (χ3v) is 4.15. The van der Waals surface area contributed by atoms with Crippen molar-refractivity contribution in [2.75, 3.05) is 38.7 Å². The minimum absolute atomic E-state index is 0.105. The Morgan fingerprint density at radius 1 is 1.17 bits per heavy atom. The molecular formula is C18H26N2O4. The van der Waals surface area contributed by atoms with Gasteiger partial charge in [-0.25, -0.2) is 4.79 Å². The summed E-state index contributed by atoms with van der Waals surface area (Å²) in [7, 11) is 1.64. The number of ether oxygens (including phenoxy) is 2. The smallest absolute Gasteiger partial charge is 0.321 e. The van der Waals surface area contributed by atoms with Crippen LogP contribution in [0.2, 0.25) is 0 Å². The second-order valence-corrected chi connectivity index (χ2v) is 6.28. The van der Waals surface area contributed by atoms with Crippen LogP contribution in [0.25, 0.3) is 0 Å². The summed E-state index contributed by atoms with van der Waals surface area (Å²) in [4.78, 5) is 25.9. The van der Waals surface area contributed by atoms with E-state index >= 15 is 0 Å². The Bertz CT molecular complexity index is 545. The minimum Gasteiger partial charge on any atom is -0.382 e. The highest BCUT2D eigenvalue weighted by molar-refractivity contribution is 5.92.